The number of aliphatic carboxylic acids is 1. The van der Waals surface area contributed by atoms with E-state index in [0.29, 0.717) is 0 Å². The van der Waals surface area contributed by atoms with Gasteiger partial charge in [0.2, 0.25) is 7.37 Å². The van der Waals surface area contributed by atoms with Crippen molar-refractivity contribution >= 4 is 24.7 Å². The molecule has 0 aliphatic rings. The predicted octanol–water partition coefficient (Wildman–Crippen LogP) is 4.41. The lowest BCUT2D eigenvalue weighted by Gasteiger charge is -2.26. The molecule has 0 aliphatic carbocycles. The van der Waals surface area contributed by atoms with Crippen molar-refractivity contribution < 1.29 is 19.4 Å². The van der Waals surface area contributed by atoms with Crippen LogP contribution in [-0.4, -0.2) is 21.6 Å². The van der Waals surface area contributed by atoms with Crippen LogP contribution in [0.25, 0.3) is 0 Å². The molecule has 1 heterocycles. The van der Waals surface area contributed by atoms with Gasteiger partial charge >= 0.3 is 5.97 Å². The summed E-state index contributed by atoms with van der Waals surface area (Å²) in [7, 11) is -3.73. The van der Waals surface area contributed by atoms with E-state index in [1.165, 1.54) is 11.3 Å². The van der Waals surface area contributed by atoms with E-state index in [-0.39, 0.29) is 12.6 Å². The van der Waals surface area contributed by atoms with Crippen molar-refractivity contribution in [2.45, 2.75) is 25.2 Å². The minimum atomic E-state index is -3.73. The van der Waals surface area contributed by atoms with Crippen LogP contribution in [-0.2, 0) is 21.9 Å². The summed E-state index contributed by atoms with van der Waals surface area (Å²) >= 11 is 1.46. The van der Waals surface area contributed by atoms with Gasteiger partial charge in [0.25, 0.3) is 0 Å². The zero-order valence-electron chi connectivity index (χ0n) is 13.4. The molecular weight excluding hydrogens is 343 g/mol. The molecule has 6 heteroatoms. The van der Waals surface area contributed by atoms with Crippen LogP contribution in [0.1, 0.15) is 17.4 Å². The number of thiophene rings is 1. The first-order valence-corrected chi connectivity index (χ1v) is 10.5. The third-order valence-electron chi connectivity index (χ3n) is 3.84. The van der Waals surface area contributed by atoms with Gasteiger partial charge in [0, 0.05) is 4.88 Å². The first-order valence-electron chi connectivity index (χ1n) is 7.67. The molecule has 2 N–H and O–H groups in total. The van der Waals surface area contributed by atoms with Gasteiger partial charge in [-0.3, -0.25) is 9.36 Å². The molecule has 0 spiro atoms. The van der Waals surface area contributed by atoms with Gasteiger partial charge in [0.1, 0.15) is 0 Å². The van der Waals surface area contributed by atoms with Crippen molar-refractivity contribution in [2.75, 3.05) is 0 Å². The maximum atomic E-state index is 13.0. The Labute approximate surface area is 145 Å². The van der Waals surface area contributed by atoms with E-state index in [4.69, 9.17) is 0 Å². The minimum absolute atomic E-state index is 0.0307. The SMILES string of the molecule is CC=CC(C(Cc1cccs1)C(=O)O)P(=O)(O)Cc1ccccc1. The average molecular weight is 364 g/mol. The summed E-state index contributed by atoms with van der Waals surface area (Å²) in [6.07, 6.45) is 3.44. The monoisotopic (exact) mass is 364 g/mol. The summed E-state index contributed by atoms with van der Waals surface area (Å²) in [6.45, 7) is 1.74. The Kier molecular flexibility index (Phi) is 6.55. The fraction of sp³-hybridized carbons (Fsp3) is 0.278. The number of carboxylic acid groups (broad SMARTS) is 1. The van der Waals surface area contributed by atoms with E-state index in [0.717, 1.165) is 10.4 Å². The Morgan fingerprint density at radius 1 is 1.25 bits per heavy atom. The van der Waals surface area contributed by atoms with E-state index in [9.17, 15) is 19.4 Å². The molecule has 1 aromatic carbocycles. The van der Waals surface area contributed by atoms with Crippen LogP contribution in [0.5, 0.6) is 0 Å². The number of hydrogen-bond acceptors (Lipinski definition) is 3. The smallest absolute Gasteiger partial charge is 0.308 e. The number of allylic oxidation sites excluding steroid dienone is 2. The summed E-state index contributed by atoms with van der Waals surface area (Å²) < 4.78 is 13.0. The molecule has 1 aromatic heterocycles. The Hall–Kier alpha value is -1.68. The standard InChI is InChI=1S/C18H21O4PS/c1-2-7-17(16(18(19)20)12-15-10-6-11-24-15)23(21,22)13-14-8-4-3-5-9-14/h2-11,16-17H,12-13H2,1H3,(H,19,20)(H,21,22). The highest BCUT2D eigenvalue weighted by atomic mass is 32.1. The summed E-state index contributed by atoms with van der Waals surface area (Å²) in [5.74, 6) is -1.98. The van der Waals surface area contributed by atoms with Crippen LogP contribution in [0.15, 0.2) is 60.0 Å². The lowest BCUT2D eigenvalue weighted by molar-refractivity contribution is -0.141. The molecular formula is C18H21O4PS. The number of benzene rings is 1. The van der Waals surface area contributed by atoms with E-state index in [1.54, 1.807) is 43.3 Å². The molecule has 0 saturated heterocycles. The summed E-state index contributed by atoms with van der Waals surface area (Å²) in [5.41, 5.74) is -0.180. The lowest BCUT2D eigenvalue weighted by atomic mass is 10.00. The molecule has 2 rings (SSSR count). The third-order valence-corrected chi connectivity index (χ3v) is 7.02. The second kappa shape index (κ2) is 8.43. The van der Waals surface area contributed by atoms with Gasteiger partial charge in [-0.1, -0.05) is 48.6 Å². The summed E-state index contributed by atoms with van der Waals surface area (Å²) in [5, 5.41) is 11.5. The lowest BCUT2D eigenvalue weighted by Crippen LogP contribution is -2.29. The quantitative estimate of drug-likeness (QED) is 0.538. The van der Waals surface area contributed by atoms with Crippen molar-refractivity contribution in [3.8, 4) is 0 Å². The highest BCUT2D eigenvalue weighted by Crippen LogP contribution is 2.53. The molecule has 128 valence electrons. The molecule has 3 atom stereocenters. The van der Waals surface area contributed by atoms with Crippen molar-refractivity contribution in [1.29, 1.82) is 0 Å². The molecule has 0 fully saturated rings. The fourth-order valence-electron chi connectivity index (χ4n) is 2.70. The fourth-order valence-corrected chi connectivity index (χ4v) is 5.64. The Balaban J connectivity index is 2.30. The minimum Gasteiger partial charge on any atom is -0.481 e. The third kappa shape index (κ3) is 4.91. The largest absolute Gasteiger partial charge is 0.481 e. The highest BCUT2D eigenvalue weighted by Gasteiger charge is 2.39. The van der Waals surface area contributed by atoms with Gasteiger partial charge in [0.05, 0.1) is 17.7 Å². The van der Waals surface area contributed by atoms with E-state index < -0.39 is 24.9 Å². The van der Waals surface area contributed by atoms with Crippen molar-refractivity contribution in [2.24, 2.45) is 5.92 Å². The second-order valence-electron chi connectivity index (χ2n) is 5.64. The van der Waals surface area contributed by atoms with Crippen molar-refractivity contribution in [3.05, 3.63) is 70.4 Å². The number of rotatable bonds is 8. The molecule has 0 radical (unpaired) electrons. The molecule has 2 aromatic rings. The molecule has 0 aliphatic heterocycles. The van der Waals surface area contributed by atoms with E-state index >= 15 is 0 Å². The van der Waals surface area contributed by atoms with E-state index in [1.807, 2.05) is 23.6 Å². The second-order valence-corrected chi connectivity index (χ2v) is 9.10. The van der Waals surface area contributed by atoms with Crippen molar-refractivity contribution in [3.63, 3.8) is 0 Å². The first-order chi connectivity index (χ1) is 11.4. The molecule has 0 bridgehead atoms. The highest BCUT2D eigenvalue weighted by molar-refractivity contribution is 7.58. The maximum absolute atomic E-state index is 13.0. The van der Waals surface area contributed by atoms with Crippen LogP contribution in [0.3, 0.4) is 0 Å². The normalized spacial score (nSPS) is 16.6. The van der Waals surface area contributed by atoms with Gasteiger partial charge in [-0.2, -0.15) is 0 Å². The van der Waals surface area contributed by atoms with Crippen LogP contribution in [0, 0.1) is 5.92 Å². The van der Waals surface area contributed by atoms with Crippen LogP contribution in [0.2, 0.25) is 0 Å². The molecule has 24 heavy (non-hydrogen) atoms. The summed E-state index contributed by atoms with van der Waals surface area (Å²) in [4.78, 5) is 23.3. The molecule has 3 unspecified atom stereocenters. The number of carbonyl (C=O) groups is 1. The first kappa shape index (κ1) is 18.7. The number of hydrogen-bond donors (Lipinski definition) is 2. The van der Waals surface area contributed by atoms with Crippen LogP contribution in [0.4, 0.5) is 0 Å². The van der Waals surface area contributed by atoms with Crippen LogP contribution < -0.4 is 0 Å². The zero-order valence-corrected chi connectivity index (χ0v) is 15.1. The average Bonchev–Trinajstić information content (AvgIpc) is 3.04. The van der Waals surface area contributed by atoms with Gasteiger partial charge in [-0.15, -0.1) is 11.3 Å². The zero-order chi connectivity index (χ0) is 17.6. The summed E-state index contributed by atoms with van der Waals surface area (Å²) in [6, 6.07) is 12.7. The molecule has 0 amide bonds. The Morgan fingerprint density at radius 3 is 2.50 bits per heavy atom. The Morgan fingerprint density at radius 2 is 1.96 bits per heavy atom. The maximum Gasteiger partial charge on any atom is 0.308 e. The predicted molar refractivity (Wildman–Crippen MR) is 97.7 cm³/mol. The number of carboxylic acids is 1. The van der Waals surface area contributed by atoms with Gasteiger partial charge in [-0.05, 0) is 30.4 Å². The van der Waals surface area contributed by atoms with Gasteiger partial charge < -0.3 is 10.00 Å². The van der Waals surface area contributed by atoms with E-state index in [2.05, 4.69) is 0 Å². The Bertz CT molecular complexity index is 725. The van der Waals surface area contributed by atoms with Gasteiger partial charge in [0.15, 0.2) is 0 Å². The topological polar surface area (TPSA) is 74.6 Å². The van der Waals surface area contributed by atoms with Crippen molar-refractivity contribution in [1.82, 2.24) is 0 Å². The molecule has 0 saturated carbocycles. The van der Waals surface area contributed by atoms with Crippen LogP contribution >= 0.6 is 18.7 Å². The van der Waals surface area contributed by atoms with Gasteiger partial charge in [-0.25, -0.2) is 0 Å². The molecule has 4 nitrogen and oxygen atoms in total.